The van der Waals surface area contributed by atoms with Crippen LogP contribution in [0.5, 0.6) is 0 Å². The molecule has 0 bridgehead atoms. The number of piperazine rings is 1. The van der Waals surface area contributed by atoms with Gasteiger partial charge in [0.15, 0.2) is 0 Å². The van der Waals surface area contributed by atoms with Crippen LogP contribution in [0.25, 0.3) is 0 Å². The lowest BCUT2D eigenvalue weighted by Crippen LogP contribution is -2.66. The summed E-state index contributed by atoms with van der Waals surface area (Å²) in [5.41, 5.74) is 6.72. The number of nitrogens with zero attached hydrogens (tertiary/aromatic N) is 2. The summed E-state index contributed by atoms with van der Waals surface area (Å²) >= 11 is 0. The minimum atomic E-state index is -0.197. The zero-order chi connectivity index (χ0) is 14.0. The van der Waals surface area contributed by atoms with Gasteiger partial charge in [-0.2, -0.15) is 0 Å². The molecule has 0 aliphatic carbocycles. The lowest BCUT2D eigenvalue weighted by molar-refractivity contribution is -0.150. The van der Waals surface area contributed by atoms with Crippen LogP contribution < -0.4 is 5.73 Å². The van der Waals surface area contributed by atoms with Crippen molar-refractivity contribution in [1.29, 1.82) is 0 Å². The van der Waals surface area contributed by atoms with Crippen molar-refractivity contribution < 1.29 is 4.79 Å². The van der Waals surface area contributed by atoms with Crippen LogP contribution in [0.2, 0.25) is 0 Å². The molecule has 4 nitrogen and oxygen atoms in total. The van der Waals surface area contributed by atoms with Gasteiger partial charge in [-0.05, 0) is 26.5 Å². The molecule has 1 fully saturated rings. The number of carbonyl (C=O) groups excluding carboxylic acids is 1. The molecular formula is C15H23N3O. The molecule has 1 heterocycles. The molecule has 1 aromatic rings. The van der Waals surface area contributed by atoms with Crippen LogP contribution in [0, 0.1) is 0 Å². The molecule has 0 radical (unpaired) electrons. The van der Waals surface area contributed by atoms with Crippen LogP contribution in [0.3, 0.4) is 0 Å². The van der Waals surface area contributed by atoms with Crippen LogP contribution in [0.15, 0.2) is 30.3 Å². The summed E-state index contributed by atoms with van der Waals surface area (Å²) < 4.78 is 0. The van der Waals surface area contributed by atoms with E-state index in [1.54, 1.807) is 0 Å². The fourth-order valence-electron chi connectivity index (χ4n) is 2.81. The SMILES string of the molecule is CN1CC(C)(C)N(Cc2ccccc2)C(=O)C1CN. The van der Waals surface area contributed by atoms with E-state index in [0.717, 1.165) is 12.1 Å². The van der Waals surface area contributed by atoms with E-state index in [0.29, 0.717) is 13.1 Å². The normalized spacial score (nSPS) is 23.7. The van der Waals surface area contributed by atoms with E-state index in [9.17, 15) is 4.79 Å². The molecule has 0 saturated carbocycles. The number of likely N-dealkylation sites (N-methyl/N-ethyl adjacent to an activating group) is 1. The maximum Gasteiger partial charge on any atom is 0.242 e. The van der Waals surface area contributed by atoms with Crippen molar-refractivity contribution in [3.8, 4) is 0 Å². The number of benzene rings is 1. The summed E-state index contributed by atoms with van der Waals surface area (Å²) in [7, 11) is 1.97. The summed E-state index contributed by atoms with van der Waals surface area (Å²) in [5.74, 6) is 0.130. The Balaban J connectivity index is 2.23. The van der Waals surface area contributed by atoms with Crippen molar-refractivity contribution in [2.45, 2.75) is 32.0 Å². The van der Waals surface area contributed by atoms with Gasteiger partial charge in [0.25, 0.3) is 0 Å². The van der Waals surface area contributed by atoms with Crippen molar-refractivity contribution in [3.05, 3.63) is 35.9 Å². The number of amides is 1. The lowest BCUT2D eigenvalue weighted by atomic mass is 9.94. The summed E-state index contributed by atoms with van der Waals surface area (Å²) in [6.07, 6.45) is 0. The van der Waals surface area contributed by atoms with Gasteiger partial charge in [0.1, 0.15) is 6.04 Å². The highest BCUT2D eigenvalue weighted by atomic mass is 16.2. The number of hydrogen-bond acceptors (Lipinski definition) is 3. The number of hydrogen-bond donors (Lipinski definition) is 1. The molecule has 2 N–H and O–H groups in total. The molecule has 19 heavy (non-hydrogen) atoms. The molecule has 1 aromatic carbocycles. The minimum Gasteiger partial charge on any atom is -0.331 e. The smallest absolute Gasteiger partial charge is 0.242 e. The Bertz CT molecular complexity index is 444. The predicted octanol–water partition coefficient (Wildman–Crippen LogP) is 1.07. The van der Waals surface area contributed by atoms with Gasteiger partial charge in [-0.3, -0.25) is 9.69 Å². The first-order valence-electron chi connectivity index (χ1n) is 6.71. The predicted molar refractivity (Wildman–Crippen MR) is 76.5 cm³/mol. The summed E-state index contributed by atoms with van der Waals surface area (Å²) in [5, 5.41) is 0. The topological polar surface area (TPSA) is 49.6 Å². The van der Waals surface area contributed by atoms with Gasteiger partial charge in [-0.25, -0.2) is 0 Å². The highest BCUT2D eigenvalue weighted by Crippen LogP contribution is 2.26. The van der Waals surface area contributed by atoms with Crippen LogP contribution >= 0.6 is 0 Å². The van der Waals surface area contributed by atoms with Crippen LogP contribution in [0.1, 0.15) is 19.4 Å². The van der Waals surface area contributed by atoms with Crippen molar-refractivity contribution in [2.24, 2.45) is 5.73 Å². The number of nitrogens with two attached hydrogens (primary N) is 1. The first kappa shape index (κ1) is 14.0. The van der Waals surface area contributed by atoms with Crippen LogP contribution in [-0.4, -0.2) is 47.4 Å². The highest BCUT2D eigenvalue weighted by molar-refractivity contribution is 5.83. The average Bonchev–Trinajstić information content (AvgIpc) is 2.35. The van der Waals surface area contributed by atoms with Gasteiger partial charge in [0.05, 0.1) is 5.54 Å². The molecule has 2 rings (SSSR count). The van der Waals surface area contributed by atoms with E-state index >= 15 is 0 Å². The Hall–Kier alpha value is -1.39. The summed E-state index contributed by atoms with van der Waals surface area (Å²) in [4.78, 5) is 16.6. The molecular weight excluding hydrogens is 238 g/mol. The van der Waals surface area contributed by atoms with Crippen molar-refractivity contribution in [3.63, 3.8) is 0 Å². The van der Waals surface area contributed by atoms with Crippen LogP contribution in [-0.2, 0) is 11.3 Å². The molecule has 0 spiro atoms. The third kappa shape index (κ3) is 2.80. The van der Waals surface area contributed by atoms with E-state index in [1.807, 2.05) is 30.1 Å². The molecule has 1 saturated heterocycles. The Labute approximate surface area is 115 Å². The van der Waals surface area contributed by atoms with Gasteiger partial charge in [-0.1, -0.05) is 30.3 Å². The zero-order valence-corrected chi connectivity index (χ0v) is 12.0. The number of carbonyl (C=O) groups is 1. The molecule has 1 unspecified atom stereocenters. The minimum absolute atomic E-state index is 0.130. The zero-order valence-electron chi connectivity index (χ0n) is 12.0. The quantitative estimate of drug-likeness (QED) is 0.885. The average molecular weight is 261 g/mol. The first-order valence-corrected chi connectivity index (χ1v) is 6.71. The third-order valence-corrected chi connectivity index (χ3v) is 3.86. The monoisotopic (exact) mass is 261 g/mol. The maximum atomic E-state index is 12.6. The Morgan fingerprint density at radius 3 is 2.53 bits per heavy atom. The molecule has 1 atom stereocenters. The van der Waals surface area contributed by atoms with Gasteiger partial charge in [0.2, 0.25) is 5.91 Å². The second-order valence-corrected chi connectivity index (χ2v) is 5.89. The second-order valence-electron chi connectivity index (χ2n) is 5.89. The molecule has 4 heteroatoms. The largest absolute Gasteiger partial charge is 0.331 e. The lowest BCUT2D eigenvalue weighted by Gasteiger charge is -2.49. The summed E-state index contributed by atoms with van der Waals surface area (Å²) in [6, 6.07) is 9.91. The van der Waals surface area contributed by atoms with Gasteiger partial charge >= 0.3 is 0 Å². The Kier molecular flexibility index (Phi) is 3.92. The van der Waals surface area contributed by atoms with Crippen molar-refractivity contribution in [1.82, 2.24) is 9.80 Å². The number of rotatable bonds is 3. The van der Waals surface area contributed by atoms with E-state index < -0.39 is 0 Å². The highest BCUT2D eigenvalue weighted by Gasteiger charge is 2.42. The summed E-state index contributed by atoms with van der Waals surface area (Å²) in [6.45, 7) is 6.08. The maximum absolute atomic E-state index is 12.6. The van der Waals surface area contributed by atoms with E-state index in [1.165, 1.54) is 0 Å². The fraction of sp³-hybridized carbons (Fsp3) is 0.533. The Morgan fingerprint density at radius 1 is 1.32 bits per heavy atom. The molecule has 0 aromatic heterocycles. The molecule has 1 aliphatic heterocycles. The Morgan fingerprint density at radius 2 is 1.95 bits per heavy atom. The molecule has 1 aliphatic rings. The second kappa shape index (κ2) is 5.31. The van der Waals surface area contributed by atoms with E-state index in [2.05, 4.69) is 30.9 Å². The third-order valence-electron chi connectivity index (χ3n) is 3.86. The van der Waals surface area contributed by atoms with Gasteiger partial charge in [-0.15, -0.1) is 0 Å². The van der Waals surface area contributed by atoms with Gasteiger partial charge < -0.3 is 10.6 Å². The standard InChI is InChI=1S/C15H23N3O/c1-15(2)11-17(3)13(9-16)14(19)18(15)10-12-7-5-4-6-8-12/h4-8,13H,9-11,16H2,1-3H3. The molecule has 1 amide bonds. The van der Waals surface area contributed by atoms with E-state index in [4.69, 9.17) is 5.73 Å². The van der Waals surface area contributed by atoms with Crippen molar-refractivity contribution >= 4 is 5.91 Å². The fourth-order valence-corrected chi connectivity index (χ4v) is 2.81. The van der Waals surface area contributed by atoms with E-state index in [-0.39, 0.29) is 17.5 Å². The van der Waals surface area contributed by atoms with Crippen LogP contribution in [0.4, 0.5) is 0 Å². The first-order chi connectivity index (χ1) is 8.95. The van der Waals surface area contributed by atoms with Crippen molar-refractivity contribution in [2.75, 3.05) is 20.1 Å². The molecule has 104 valence electrons. The van der Waals surface area contributed by atoms with Gasteiger partial charge in [0, 0.05) is 19.6 Å².